The Balaban J connectivity index is 1.24. The van der Waals surface area contributed by atoms with E-state index in [9.17, 15) is 4.79 Å². The second-order valence-electron chi connectivity index (χ2n) is 8.69. The van der Waals surface area contributed by atoms with Gasteiger partial charge in [-0.15, -0.1) is 10.2 Å². The van der Waals surface area contributed by atoms with Crippen molar-refractivity contribution in [2.75, 3.05) is 12.9 Å². The van der Waals surface area contributed by atoms with Crippen LogP contribution in [0.5, 0.6) is 5.75 Å². The Morgan fingerprint density at radius 2 is 2.00 bits per heavy atom. The molecule has 1 unspecified atom stereocenters. The fraction of sp³-hybridized carbons (Fsp3) is 0.440. The van der Waals surface area contributed by atoms with Crippen LogP contribution in [0.3, 0.4) is 0 Å². The molecular formula is C25H28N4O4S. The van der Waals surface area contributed by atoms with Crippen LogP contribution >= 0.6 is 11.8 Å². The number of aryl methyl sites for hydroxylation is 1. The first-order chi connectivity index (χ1) is 16.7. The second-order valence-corrected chi connectivity index (χ2v) is 9.62. The van der Waals surface area contributed by atoms with Crippen LogP contribution in [-0.4, -0.2) is 39.7 Å². The third-order valence-corrected chi connectivity index (χ3v) is 7.28. The Hall–Kier alpha value is -3.07. The molecule has 5 rings (SSSR count). The van der Waals surface area contributed by atoms with Gasteiger partial charge in [0.15, 0.2) is 0 Å². The van der Waals surface area contributed by atoms with E-state index >= 15 is 0 Å². The molecule has 8 nitrogen and oxygen atoms in total. The van der Waals surface area contributed by atoms with Crippen LogP contribution in [0.25, 0.3) is 0 Å². The van der Waals surface area contributed by atoms with E-state index in [1.54, 1.807) is 18.4 Å². The standard InChI is InChI=1S/C25H28N4O4S/c1-31-19-11-9-18(10-12-19)21-15-20(22-7-4-14-32-22)28-29(21)24(30)16-34-25-27-26-23(33-25)13-8-17-5-2-3-6-17/h4,7,9-12,14,17,21H,2-3,5-6,8,13,15-16H2,1H3. The first kappa shape index (κ1) is 22.7. The lowest BCUT2D eigenvalue weighted by Gasteiger charge is -2.21. The first-order valence-corrected chi connectivity index (χ1v) is 12.7. The average Bonchev–Trinajstić information content (AvgIpc) is 3.68. The predicted octanol–water partition coefficient (Wildman–Crippen LogP) is 5.26. The van der Waals surface area contributed by atoms with Gasteiger partial charge in [-0.3, -0.25) is 4.79 Å². The van der Waals surface area contributed by atoms with Crippen molar-refractivity contribution in [3.8, 4) is 5.75 Å². The predicted molar refractivity (Wildman–Crippen MR) is 128 cm³/mol. The minimum Gasteiger partial charge on any atom is -0.497 e. The summed E-state index contributed by atoms with van der Waals surface area (Å²) < 4.78 is 16.6. The zero-order valence-corrected chi connectivity index (χ0v) is 20.0. The van der Waals surface area contributed by atoms with E-state index in [0.29, 0.717) is 23.3 Å². The minimum absolute atomic E-state index is 0.127. The number of furan rings is 1. The molecule has 1 saturated carbocycles. The number of carbonyl (C=O) groups is 1. The van der Waals surface area contributed by atoms with E-state index in [4.69, 9.17) is 13.6 Å². The minimum atomic E-state index is -0.219. The molecule has 0 bridgehead atoms. The fourth-order valence-corrected chi connectivity index (χ4v) is 5.26. The number of thioether (sulfide) groups is 1. The van der Waals surface area contributed by atoms with Crippen LogP contribution in [0.2, 0.25) is 0 Å². The van der Waals surface area contributed by atoms with Crippen molar-refractivity contribution in [2.45, 2.75) is 56.2 Å². The van der Waals surface area contributed by atoms with Crippen LogP contribution in [-0.2, 0) is 11.2 Å². The van der Waals surface area contributed by atoms with Gasteiger partial charge in [-0.1, -0.05) is 49.6 Å². The largest absolute Gasteiger partial charge is 0.497 e. The Morgan fingerprint density at radius 3 is 2.74 bits per heavy atom. The topological polar surface area (TPSA) is 94.0 Å². The van der Waals surface area contributed by atoms with E-state index in [2.05, 4.69) is 15.3 Å². The number of methoxy groups -OCH3 is 1. The number of amides is 1. The van der Waals surface area contributed by atoms with Gasteiger partial charge in [0.05, 0.1) is 25.2 Å². The lowest BCUT2D eigenvalue weighted by Crippen LogP contribution is -2.28. The Bertz CT molecular complexity index is 1120. The molecule has 3 aromatic rings. The average molecular weight is 481 g/mol. The summed E-state index contributed by atoms with van der Waals surface area (Å²) in [6.07, 6.45) is 9.33. The molecule has 0 N–H and O–H groups in total. The fourth-order valence-electron chi connectivity index (χ4n) is 4.63. The smallest absolute Gasteiger partial charge is 0.277 e. The summed E-state index contributed by atoms with van der Waals surface area (Å²) in [5.41, 5.74) is 1.73. The molecule has 2 aliphatic rings. The van der Waals surface area contributed by atoms with Crippen molar-refractivity contribution in [3.05, 3.63) is 59.9 Å². The third-order valence-electron chi connectivity index (χ3n) is 6.48. The molecular weight excluding hydrogens is 452 g/mol. The normalized spacial score (nSPS) is 18.4. The summed E-state index contributed by atoms with van der Waals surface area (Å²) in [7, 11) is 1.63. The SMILES string of the molecule is COc1ccc(C2CC(c3ccco3)=NN2C(=O)CSc2nnc(CCC3CCCC3)o2)cc1. The maximum atomic E-state index is 13.2. The lowest BCUT2D eigenvalue weighted by atomic mass is 10.0. The molecule has 0 spiro atoms. The van der Waals surface area contributed by atoms with Gasteiger partial charge in [0.2, 0.25) is 5.89 Å². The van der Waals surface area contributed by atoms with Gasteiger partial charge in [0.25, 0.3) is 11.1 Å². The summed E-state index contributed by atoms with van der Waals surface area (Å²) in [5, 5.41) is 14.9. The van der Waals surface area contributed by atoms with Gasteiger partial charge in [-0.05, 0) is 42.2 Å². The van der Waals surface area contributed by atoms with Gasteiger partial charge < -0.3 is 13.6 Å². The molecule has 1 aliphatic carbocycles. The summed E-state index contributed by atoms with van der Waals surface area (Å²) in [6, 6.07) is 11.2. The zero-order valence-electron chi connectivity index (χ0n) is 19.2. The van der Waals surface area contributed by atoms with Gasteiger partial charge in [0.1, 0.15) is 17.2 Å². The molecule has 0 radical (unpaired) electrons. The van der Waals surface area contributed by atoms with Crippen LogP contribution in [0.4, 0.5) is 0 Å². The summed E-state index contributed by atoms with van der Waals surface area (Å²) in [5.74, 6) is 2.89. The van der Waals surface area contributed by atoms with Crippen molar-refractivity contribution in [3.63, 3.8) is 0 Å². The zero-order chi connectivity index (χ0) is 23.3. The van der Waals surface area contributed by atoms with Crippen molar-refractivity contribution in [1.82, 2.24) is 15.2 Å². The van der Waals surface area contributed by atoms with Crippen molar-refractivity contribution >= 4 is 23.4 Å². The molecule has 1 atom stereocenters. The number of aromatic nitrogens is 2. The Labute approximate surface area is 202 Å². The number of benzene rings is 1. The van der Waals surface area contributed by atoms with Crippen molar-refractivity contribution in [2.24, 2.45) is 11.0 Å². The van der Waals surface area contributed by atoms with E-state index in [-0.39, 0.29) is 17.7 Å². The van der Waals surface area contributed by atoms with E-state index in [1.807, 2.05) is 36.4 Å². The third kappa shape index (κ3) is 5.19. The Morgan fingerprint density at radius 1 is 1.18 bits per heavy atom. The second kappa shape index (κ2) is 10.5. The molecule has 9 heteroatoms. The molecule has 3 heterocycles. The number of carbonyl (C=O) groups excluding carboxylic acids is 1. The summed E-state index contributed by atoms with van der Waals surface area (Å²) >= 11 is 1.25. The Kier molecular flexibility index (Phi) is 6.99. The monoisotopic (exact) mass is 480 g/mol. The number of nitrogens with zero attached hydrogens (tertiary/aromatic N) is 4. The highest BCUT2D eigenvalue weighted by Gasteiger charge is 2.34. The molecule has 2 aromatic heterocycles. The van der Waals surface area contributed by atoms with Gasteiger partial charge in [-0.2, -0.15) is 5.10 Å². The van der Waals surface area contributed by atoms with Gasteiger partial charge in [-0.25, -0.2) is 5.01 Å². The molecule has 1 aliphatic heterocycles. The van der Waals surface area contributed by atoms with Crippen molar-refractivity contribution < 1.29 is 18.4 Å². The van der Waals surface area contributed by atoms with E-state index < -0.39 is 0 Å². The molecule has 1 aromatic carbocycles. The van der Waals surface area contributed by atoms with Gasteiger partial charge >= 0.3 is 0 Å². The first-order valence-electron chi connectivity index (χ1n) is 11.7. The van der Waals surface area contributed by atoms with Crippen molar-refractivity contribution in [1.29, 1.82) is 0 Å². The maximum Gasteiger partial charge on any atom is 0.277 e. The quantitative estimate of drug-likeness (QED) is 0.385. The number of ether oxygens (including phenoxy) is 1. The summed E-state index contributed by atoms with van der Waals surface area (Å²) in [6.45, 7) is 0. The molecule has 0 saturated heterocycles. The van der Waals surface area contributed by atoms with E-state index in [0.717, 1.165) is 35.8 Å². The highest BCUT2D eigenvalue weighted by molar-refractivity contribution is 7.99. The number of rotatable bonds is 9. The highest BCUT2D eigenvalue weighted by Crippen LogP contribution is 2.35. The van der Waals surface area contributed by atoms with Gasteiger partial charge in [0, 0.05) is 12.8 Å². The van der Waals surface area contributed by atoms with Crippen LogP contribution in [0, 0.1) is 5.92 Å². The van der Waals surface area contributed by atoms with Crippen LogP contribution < -0.4 is 4.74 Å². The number of hydrogen-bond donors (Lipinski definition) is 0. The molecule has 1 fully saturated rings. The maximum absolute atomic E-state index is 13.2. The summed E-state index contributed by atoms with van der Waals surface area (Å²) in [4.78, 5) is 13.2. The molecule has 34 heavy (non-hydrogen) atoms. The molecule has 1 amide bonds. The van der Waals surface area contributed by atoms with Crippen LogP contribution in [0.15, 0.2) is 61.8 Å². The van der Waals surface area contributed by atoms with E-state index in [1.165, 1.54) is 37.4 Å². The number of hydrazone groups is 1. The van der Waals surface area contributed by atoms with Crippen LogP contribution in [0.1, 0.15) is 61.8 Å². The number of hydrogen-bond acceptors (Lipinski definition) is 8. The molecule has 178 valence electrons. The highest BCUT2D eigenvalue weighted by atomic mass is 32.2. The lowest BCUT2D eigenvalue weighted by molar-refractivity contribution is -0.130.